The zero-order chi connectivity index (χ0) is 12.2. The number of carbonyl (C=O) groups excluding carboxylic acids is 1. The van der Waals surface area contributed by atoms with Crippen LogP contribution in [0.2, 0.25) is 0 Å². The second kappa shape index (κ2) is 4.96. The molecule has 0 bridgehead atoms. The molecule has 16 heavy (non-hydrogen) atoms. The lowest BCUT2D eigenvalue weighted by molar-refractivity contribution is -0.695. The third-order valence-corrected chi connectivity index (χ3v) is 1.92. The van der Waals surface area contributed by atoms with Gasteiger partial charge in [0.25, 0.3) is 0 Å². The van der Waals surface area contributed by atoms with Crippen molar-refractivity contribution in [3.05, 3.63) is 25.3 Å². The van der Waals surface area contributed by atoms with E-state index in [1.54, 1.807) is 6.20 Å². The maximum Gasteiger partial charge on any atom is 0.310 e. The number of ether oxygens (including phenoxy) is 1. The van der Waals surface area contributed by atoms with E-state index in [-0.39, 0.29) is 5.97 Å². The highest BCUT2D eigenvalue weighted by atomic mass is 16.6. The number of imidazole rings is 1. The third kappa shape index (κ3) is 4.29. The molecule has 0 amide bonds. The molecular weight excluding hydrogens is 204 g/mol. The van der Waals surface area contributed by atoms with Gasteiger partial charge >= 0.3 is 5.97 Å². The standard InChI is InChI=1S/C12H19N2O2/c1-5-13-8-9-14(10-13)7-6-11(15)16-12(2,3)4/h5,8-10H,1,6-7H2,2-4H3/q+1. The number of hydrogen-bond donors (Lipinski definition) is 0. The Balaban J connectivity index is 2.40. The average Bonchev–Trinajstić information content (AvgIpc) is 2.59. The Morgan fingerprint density at radius 2 is 2.25 bits per heavy atom. The van der Waals surface area contributed by atoms with Gasteiger partial charge in [0.2, 0.25) is 6.33 Å². The van der Waals surface area contributed by atoms with Gasteiger partial charge in [0.05, 0.1) is 12.6 Å². The smallest absolute Gasteiger partial charge is 0.310 e. The average molecular weight is 223 g/mol. The van der Waals surface area contributed by atoms with Crippen LogP contribution in [0.5, 0.6) is 0 Å². The first-order valence-electron chi connectivity index (χ1n) is 5.31. The van der Waals surface area contributed by atoms with E-state index >= 15 is 0 Å². The maximum absolute atomic E-state index is 11.4. The van der Waals surface area contributed by atoms with E-state index in [2.05, 4.69) is 6.58 Å². The van der Waals surface area contributed by atoms with Crippen molar-refractivity contribution in [2.75, 3.05) is 0 Å². The molecule has 0 saturated carbocycles. The highest BCUT2D eigenvalue weighted by Gasteiger charge is 2.16. The lowest BCUT2D eigenvalue weighted by Crippen LogP contribution is -2.34. The van der Waals surface area contributed by atoms with Crippen LogP contribution in [-0.2, 0) is 16.1 Å². The quantitative estimate of drug-likeness (QED) is 0.574. The van der Waals surface area contributed by atoms with Crippen molar-refractivity contribution < 1.29 is 14.1 Å². The van der Waals surface area contributed by atoms with Gasteiger partial charge in [0, 0.05) is 0 Å². The summed E-state index contributed by atoms with van der Waals surface area (Å²) in [6.45, 7) is 9.87. The molecule has 0 fully saturated rings. The predicted octanol–water partition coefficient (Wildman–Crippen LogP) is 1.61. The molecule has 1 aromatic heterocycles. The minimum Gasteiger partial charge on any atom is -0.460 e. The van der Waals surface area contributed by atoms with Crippen molar-refractivity contribution in [2.45, 2.75) is 39.3 Å². The van der Waals surface area contributed by atoms with Crippen molar-refractivity contribution >= 4 is 12.2 Å². The summed E-state index contributed by atoms with van der Waals surface area (Å²) in [7, 11) is 0. The molecule has 0 atom stereocenters. The van der Waals surface area contributed by atoms with Crippen molar-refractivity contribution in [3.8, 4) is 0 Å². The zero-order valence-corrected chi connectivity index (χ0v) is 10.1. The molecule has 0 unspecified atom stereocenters. The van der Waals surface area contributed by atoms with Crippen molar-refractivity contribution in [1.82, 2.24) is 4.57 Å². The topological polar surface area (TPSA) is 35.1 Å². The summed E-state index contributed by atoms with van der Waals surface area (Å²) >= 11 is 0. The maximum atomic E-state index is 11.4. The number of hydrogen-bond acceptors (Lipinski definition) is 2. The summed E-state index contributed by atoms with van der Waals surface area (Å²) < 4.78 is 8.96. The van der Waals surface area contributed by atoms with Crippen LogP contribution >= 0.6 is 0 Å². The monoisotopic (exact) mass is 223 g/mol. The fourth-order valence-corrected chi connectivity index (χ4v) is 1.26. The summed E-state index contributed by atoms with van der Waals surface area (Å²) in [6.07, 6.45) is 7.72. The van der Waals surface area contributed by atoms with Crippen LogP contribution in [0.25, 0.3) is 6.20 Å². The van der Waals surface area contributed by atoms with Crippen LogP contribution in [-0.4, -0.2) is 16.1 Å². The van der Waals surface area contributed by atoms with Crippen LogP contribution in [0.4, 0.5) is 0 Å². The Kier molecular flexibility index (Phi) is 3.88. The molecule has 0 saturated heterocycles. The molecule has 0 aromatic carbocycles. The third-order valence-electron chi connectivity index (χ3n) is 1.92. The van der Waals surface area contributed by atoms with E-state index in [1.165, 1.54) is 0 Å². The molecule has 0 aliphatic rings. The van der Waals surface area contributed by atoms with Crippen LogP contribution in [0.1, 0.15) is 27.2 Å². The summed E-state index contributed by atoms with van der Waals surface area (Å²) in [5.74, 6) is -0.175. The molecule has 1 rings (SSSR count). The highest BCUT2D eigenvalue weighted by molar-refractivity contribution is 5.69. The lowest BCUT2D eigenvalue weighted by atomic mass is 10.2. The first-order valence-corrected chi connectivity index (χ1v) is 5.31. The summed E-state index contributed by atoms with van der Waals surface area (Å²) in [6, 6.07) is 0. The fourth-order valence-electron chi connectivity index (χ4n) is 1.26. The summed E-state index contributed by atoms with van der Waals surface area (Å²) in [5.41, 5.74) is -0.408. The molecular formula is C12H19N2O2+. The van der Waals surface area contributed by atoms with Crippen molar-refractivity contribution in [3.63, 3.8) is 0 Å². The first kappa shape index (κ1) is 12.5. The molecule has 4 heteroatoms. The number of carbonyl (C=O) groups is 1. The van der Waals surface area contributed by atoms with Crippen LogP contribution < -0.4 is 4.57 Å². The van der Waals surface area contributed by atoms with Gasteiger partial charge in [-0.3, -0.25) is 4.79 Å². The molecule has 1 aromatic rings. The van der Waals surface area contributed by atoms with Gasteiger partial charge in [-0.15, -0.1) is 0 Å². The first-order chi connectivity index (χ1) is 7.40. The van der Waals surface area contributed by atoms with Gasteiger partial charge in [0.1, 0.15) is 24.5 Å². The normalized spacial score (nSPS) is 11.2. The fraction of sp³-hybridized carbons (Fsp3) is 0.500. The number of aryl methyl sites for hydroxylation is 1. The second-order valence-electron chi connectivity index (χ2n) is 4.62. The van der Waals surface area contributed by atoms with Crippen LogP contribution in [0, 0.1) is 0 Å². The highest BCUT2D eigenvalue weighted by Crippen LogP contribution is 2.07. The number of nitrogens with zero attached hydrogens (tertiary/aromatic N) is 2. The number of aromatic nitrogens is 2. The minimum absolute atomic E-state index is 0.175. The van der Waals surface area contributed by atoms with E-state index < -0.39 is 5.60 Å². The lowest BCUT2D eigenvalue weighted by Gasteiger charge is -2.18. The Hall–Kier alpha value is -1.58. The second-order valence-corrected chi connectivity index (χ2v) is 4.62. The molecule has 0 aliphatic heterocycles. The number of rotatable bonds is 4. The van der Waals surface area contributed by atoms with Gasteiger partial charge in [-0.05, 0) is 20.8 Å². The van der Waals surface area contributed by atoms with Gasteiger partial charge in [-0.25, -0.2) is 9.13 Å². The predicted molar refractivity (Wildman–Crippen MR) is 61.5 cm³/mol. The Labute approximate surface area is 96.2 Å². The molecule has 88 valence electrons. The van der Waals surface area contributed by atoms with E-state index in [1.807, 2.05) is 48.6 Å². The molecule has 0 radical (unpaired) electrons. The Morgan fingerprint density at radius 3 is 2.75 bits per heavy atom. The molecule has 0 N–H and O–H groups in total. The van der Waals surface area contributed by atoms with E-state index in [0.717, 1.165) is 0 Å². The number of esters is 1. The largest absolute Gasteiger partial charge is 0.460 e. The van der Waals surface area contributed by atoms with Crippen molar-refractivity contribution in [1.29, 1.82) is 0 Å². The molecule has 0 spiro atoms. The van der Waals surface area contributed by atoms with Crippen molar-refractivity contribution in [2.24, 2.45) is 0 Å². The minimum atomic E-state index is -0.408. The van der Waals surface area contributed by atoms with Gasteiger partial charge in [-0.2, -0.15) is 0 Å². The van der Waals surface area contributed by atoms with Crippen LogP contribution in [0.15, 0.2) is 25.3 Å². The van der Waals surface area contributed by atoms with E-state index in [4.69, 9.17) is 4.74 Å². The molecule has 0 aliphatic carbocycles. The Bertz CT molecular complexity index is 375. The molecule has 1 heterocycles. The van der Waals surface area contributed by atoms with Gasteiger partial charge < -0.3 is 4.74 Å². The van der Waals surface area contributed by atoms with Crippen LogP contribution in [0.3, 0.4) is 0 Å². The summed E-state index contributed by atoms with van der Waals surface area (Å²) in [4.78, 5) is 11.4. The van der Waals surface area contributed by atoms with Gasteiger partial charge in [-0.1, -0.05) is 6.58 Å². The summed E-state index contributed by atoms with van der Waals surface area (Å²) in [5, 5.41) is 0. The van der Waals surface area contributed by atoms with Gasteiger partial charge in [0.15, 0.2) is 0 Å². The van der Waals surface area contributed by atoms with E-state index in [9.17, 15) is 4.79 Å². The van der Waals surface area contributed by atoms with E-state index in [0.29, 0.717) is 13.0 Å². The Morgan fingerprint density at radius 1 is 1.56 bits per heavy atom. The zero-order valence-electron chi connectivity index (χ0n) is 10.1. The SMILES string of the molecule is C=Cn1cc[n+](CCC(=O)OC(C)(C)C)c1. The molecule has 4 nitrogen and oxygen atoms in total.